The molecule has 1 aliphatic heterocycles. The Hall–Kier alpha value is -2.20. The maximum Gasteiger partial charge on any atom is 0.208 e. The van der Waals surface area contributed by atoms with Crippen molar-refractivity contribution in [3.63, 3.8) is 0 Å². The van der Waals surface area contributed by atoms with Gasteiger partial charge in [0.1, 0.15) is 18.2 Å². The molecule has 5 rings (SSSR count). The lowest BCUT2D eigenvalue weighted by Gasteiger charge is -2.22. The van der Waals surface area contributed by atoms with Crippen LogP contribution < -0.4 is 5.32 Å². The zero-order valence-corrected chi connectivity index (χ0v) is 19.6. The highest BCUT2D eigenvalue weighted by Gasteiger charge is 2.32. The van der Waals surface area contributed by atoms with Crippen molar-refractivity contribution >= 4 is 34.3 Å². The zero-order valence-electron chi connectivity index (χ0n) is 18.0. The number of aryl methyl sites for hydroxylation is 2. The smallest absolute Gasteiger partial charge is 0.208 e. The third-order valence-corrected chi connectivity index (χ3v) is 8.23. The number of hydrogen-bond acceptors (Lipinski definition) is 9. The van der Waals surface area contributed by atoms with Gasteiger partial charge in [-0.3, -0.25) is 4.79 Å². The summed E-state index contributed by atoms with van der Waals surface area (Å²) in [4.78, 5) is 29.3. The van der Waals surface area contributed by atoms with Crippen molar-refractivity contribution in [2.45, 2.75) is 51.4 Å². The van der Waals surface area contributed by atoms with Gasteiger partial charge in [-0.05, 0) is 45.6 Å². The normalized spacial score (nSPS) is 25.0. The van der Waals surface area contributed by atoms with Crippen molar-refractivity contribution in [1.82, 2.24) is 15.0 Å². The molecule has 3 aromatic rings. The number of carbonyl (C=O) groups excluding carboxylic acids is 1. The first-order valence-electron chi connectivity index (χ1n) is 10.7. The molecule has 4 heterocycles. The fourth-order valence-electron chi connectivity index (χ4n) is 4.48. The van der Waals surface area contributed by atoms with Crippen LogP contribution in [-0.2, 0) is 11.2 Å². The van der Waals surface area contributed by atoms with E-state index in [1.807, 2.05) is 19.9 Å². The van der Waals surface area contributed by atoms with E-state index >= 15 is 0 Å². The van der Waals surface area contributed by atoms with Gasteiger partial charge in [0.25, 0.3) is 0 Å². The van der Waals surface area contributed by atoms with Gasteiger partial charge in [0, 0.05) is 29.1 Å². The Labute approximate surface area is 194 Å². The van der Waals surface area contributed by atoms with Crippen LogP contribution in [0.2, 0.25) is 0 Å². The molecule has 1 saturated carbocycles. The predicted octanol–water partition coefficient (Wildman–Crippen LogP) is 3.89. The number of rotatable bonds is 5. The highest BCUT2D eigenvalue weighted by Crippen LogP contribution is 2.41. The molecule has 2 aliphatic rings. The molecule has 1 aliphatic carbocycles. The Morgan fingerprint density at radius 2 is 2.16 bits per heavy atom. The van der Waals surface area contributed by atoms with E-state index in [0.717, 1.165) is 38.9 Å². The minimum atomic E-state index is -0.438. The van der Waals surface area contributed by atoms with Gasteiger partial charge in [-0.2, -0.15) is 0 Å². The number of aromatic nitrogens is 3. The fraction of sp³-hybridized carbons (Fsp3) is 0.435. The second-order valence-corrected chi connectivity index (χ2v) is 10.9. The third kappa shape index (κ3) is 3.98. The summed E-state index contributed by atoms with van der Waals surface area (Å²) in [6, 6.07) is 1.97. The summed E-state index contributed by atoms with van der Waals surface area (Å²) < 4.78 is 6.12. The van der Waals surface area contributed by atoms with Crippen molar-refractivity contribution in [2.75, 3.05) is 11.9 Å². The molecule has 0 bridgehead atoms. The van der Waals surface area contributed by atoms with Crippen LogP contribution in [0.1, 0.15) is 60.2 Å². The topological polar surface area (TPSA) is 97.2 Å². The molecule has 0 aromatic carbocycles. The minimum Gasteiger partial charge on any atom is -0.393 e. The highest BCUT2D eigenvalue weighted by atomic mass is 32.1. The number of nitrogens with one attached hydrogen (secondary N) is 1. The van der Waals surface area contributed by atoms with E-state index in [1.165, 1.54) is 17.7 Å². The number of anilines is 1. The first kappa shape index (κ1) is 21.6. The molecule has 0 unspecified atom stereocenters. The van der Waals surface area contributed by atoms with E-state index in [0.29, 0.717) is 29.3 Å². The molecule has 167 valence electrons. The Kier molecular flexibility index (Phi) is 5.83. The first-order chi connectivity index (χ1) is 15.4. The average molecular weight is 470 g/mol. The molecule has 0 spiro atoms. The summed E-state index contributed by atoms with van der Waals surface area (Å²) in [6.07, 6.45) is 4.52. The van der Waals surface area contributed by atoms with Gasteiger partial charge in [0.15, 0.2) is 0 Å². The Morgan fingerprint density at radius 3 is 2.94 bits per heavy atom. The number of carbonyl (C=O) groups is 1. The van der Waals surface area contributed by atoms with Crippen molar-refractivity contribution in [1.29, 1.82) is 0 Å². The van der Waals surface area contributed by atoms with Gasteiger partial charge >= 0.3 is 0 Å². The minimum absolute atomic E-state index is 0.0215. The molecule has 7 nitrogen and oxygen atoms in total. The second kappa shape index (κ2) is 8.62. The number of ether oxygens (including phenoxy) is 1. The van der Waals surface area contributed by atoms with Crippen LogP contribution >= 0.6 is 22.7 Å². The summed E-state index contributed by atoms with van der Waals surface area (Å²) in [5.41, 5.74) is 2.56. The van der Waals surface area contributed by atoms with Gasteiger partial charge < -0.3 is 15.2 Å². The Morgan fingerprint density at radius 1 is 1.31 bits per heavy atom. The van der Waals surface area contributed by atoms with Crippen molar-refractivity contribution in [2.24, 2.45) is 5.92 Å². The number of nitrogens with zero attached hydrogens (tertiary/aromatic N) is 3. The average Bonchev–Trinajstić information content (AvgIpc) is 3.43. The van der Waals surface area contributed by atoms with Crippen LogP contribution in [-0.4, -0.2) is 44.6 Å². The van der Waals surface area contributed by atoms with Gasteiger partial charge in [0.05, 0.1) is 38.7 Å². The number of fused-ring (bicyclic) bond motifs is 1. The van der Waals surface area contributed by atoms with Gasteiger partial charge in [0.2, 0.25) is 5.78 Å². The highest BCUT2D eigenvalue weighted by molar-refractivity contribution is 7.14. The zero-order chi connectivity index (χ0) is 22.4. The fourth-order valence-corrected chi connectivity index (χ4v) is 6.52. The predicted molar refractivity (Wildman–Crippen MR) is 124 cm³/mol. The first-order valence-corrected chi connectivity index (χ1v) is 12.3. The monoisotopic (exact) mass is 469 g/mol. The lowest BCUT2D eigenvalue weighted by Crippen LogP contribution is -2.20. The standard InChI is InChI=1S/C23H25N4O3S2/c1-11-6-14(7-18(11)28)27-23-16(9-24-10-25-23)20(29)19-8-15(12(2)31-19)21-22-17(4-5-30-21)26-13(3)32-22/h8-11,14,18,21,28H,1,4-7H2,2-3H3,(H,24,25,27)/t11-,14-,18+,21+/m1/s1. The van der Waals surface area contributed by atoms with Crippen LogP contribution in [0.15, 0.2) is 18.6 Å². The molecule has 0 saturated heterocycles. The number of hydrogen-bond donors (Lipinski definition) is 2. The number of ketones is 1. The van der Waals surface area contributed by atoms with Crippen molar-refractivity contribution < 1.29 is 14.6 Å². The quantitative estimate of drug-likeness (QED) is 0.547. The summed E-state index contributed by atoms with van der Waals surface area (Å²) in [6.45, 7) is 8.65. The van der Waals surface area contributed by atoms with Crippen molar-refractivity contribution in [3.05, 3.63) is 62.0 Å². The summed E-state index contributed by atoms with van der Waals surface area (Å²) >= 11 is 3.13. The van der Waals surface area contributed by atoms with E-state index in [1.54, 1.807) is 17.5 Å². The molecule has 4 atom stereocenters. The number of aliphatic hydroxyl groups is 1. The van der Waals surface area contributed by atoms with Crippen LogP contribution in [0.5, 0.6) is 0 Å². The van der Waals surface area contributed by atoms with E-state index in [4.69, 9.17) is 4.74 Å². The SMILES string of the molecule is [CH2][C@@H]1C[C@@H](Nc2ncncc2C(=O)c2cc([C@@H]3OCCc4nc(C)sc43)c(C)s2)C[C@@H]1O. The second-order valence-electron chi connectivity index (χ2n) is 8.42. The molecule has 9 heteroatoms. The number of thiazole rings is 1. The third-order valence-electron chi connectivity index (χ3n) is 6.11. The maximum absolute atomic E-state index is 13.4. The number of aliphatic hydroxyl groups excluding tert-OH is 1. The summed E-state index contributed by atoms with van der Waals surface area (Å²) in [5.74, 6) is 0.360. The Bertz CT molecular complexity index is 1150. The lowest BCUT2D eigenvalue weighted by molar-refractivity contribution is 0.0716. The van der Waals surface area contributed by atoms with E-state index in [2.05, 4.69) is 27.2 Å². The van der Waals surface area contributed by atoms with Gasteiger partial charge in [-0.1, -0.05) is 0 Å². The summed E-state index contributed by atoms with van der Waals surface area (Å²) in [7, 11) is 0. The molecule has 1 fully saturated rings. The Balaban J connectivity index is 1.42. The van der Waals surface area contributed by atoms with Crippen LogP contribution in [0, 0.1) is 26.7 Å². The van der Waals surface area contributed by atoms with E-state index in [-0.39, 0.29) is 23.8 Å². The molecule has 3 aromatic heterocycles. The summed E-state index contributed by atoms with van der Waals surface area (Å²) in [5, 5.41) is 14.4. The molecule has 0 amide bonds. The van der Waals surface area contributed by atoms with Crippen LogP contribution in [0.25, 0.3) is 0 Å². The molecular weight excluding hydrogens is 444 g/mol. The van der Waals surface area contributed by atoms with E-state index < -0.39 is 6.10 Å². The lowest BCUT2D eigenvalue weighted by atomic mass is 10.0. The van der Waals surface area contributed by atoms with Crippen LogP contribution in [0.4, 0.5) is 5.82 Å². The number of thiophene rings is 1. The largest absolute Gasteiger partial charge is 0.393 e. The van der Waals surface area contributed by atoms with Gasteiger partial charge in [-0.25, -0.2) is 15.0 Å². The maximum atomic E-state index is 13.4. The van der Waals surface area contributed by atoms with Crippen LogP contribution in [0.3, 0.4) is 0 Å². The van der Waals surface area contributed by atoms with Gasteiger partial charge in [-0.15, -0.1) is 22.7 Å². The molecule has 32 heavy (non-hydrogen) atoms. The van der Waals surface area contributed by atoms with Crippen molar-refractivity contribution in [3.8, 4) is 0 Å². The van der Waals surface area contributed by atoms with E-state index in [9.17, 15) is 9.90 Å². The molecule has 1 radical (unpaired) electrons. The molecule has 2 N–H and O–H groups in total. The molecular formula is C23H25N4O3S2.